The van der Waals surface area contributed by atoms with Gasteiger partial charge in [-0.2, -0.15) is 0 Å². The summed E-state index contributed by atoms with van der Waals surface area (Å²) in [7, 11) is 4.64. The number of anilines is 1. The van der Waals surface area contributed by atoms with Gasteiger partial charge in [-0.05, 0) is 12.8 Å². The lowest BCUT2D eigenvalue weighted by Gasteiger charge is -2.34. The summed E-state index contributed by atoms with van der Waals surface area (Å²) in [6, 6.07) is 3.66. The number of fused-ring (bicyclic) bond motifs is 2. The molecule has 1 N–H and O–H groups in total. The number of nitrogens with zero attached hydrogens (tertiary/aromatic N) is 1. The van der Waals surface area contributed by atoms with Crippen LogP contribution in [0.5, 0.6) is 17.2 Å². The molecule has 0 spiro atoms. The third-order valence-corrected chi connectivity index (χ3v) is 4.39. The maximum absolute atomic E-state index is 12.6. The molecule has 2 bridgehead atoms. The number of morpholine rings is 1. The van der Waals surface area contributed by atoms with Gasteiger partial charge in [0.05, 0.1) is 52.3 Å². The summed E-state index contributed by atoms with van der Waals surface area (Å²) in [6.07, 6.45) is 1.99. The Bertz CT molecular complexity index is 551. The molecule has 1 aromatic carbocycles. The minimum Gasteiger partial charge on any atom is -0.493 e. The van der Waals surface area contributed by atoms with Gasteiger partial charge in [0.2, 0.25) is 5.75 Å². The van der Waals surface area contributed by atoms with Crippen molar-refractivity contribution in [1.82, 2.24) is 4.90 Å². The third-order valence-electron chi connectivity index (χ3n) is 4.39. The van der Waals surface area contributed by atoms with Crippen molar-refractivity contribution in [3.05, 3.63) is 12.1 Å². The highest BCUT2D eigenvalue weighted by molar-refractivity contribution is 5.91. The van der Waals surface area contributed by atoms with Gasteiger partial charge < -0.3 is 29.2 Å². The molecule has 2 aliphatic heterocycles. The first-order valence-corrected chi connectivity index (χ1v) is 7.65. The number of rotatable bonds is 4. The van der Waals surface area contributed by atoms with E-state index < -0.39 is 0 Å². The summed E-state index contributed by atoms with van der Waals surface area (Å²) in [5.74, 6) is 1.51. The molecule has 23 heavy (non-hydrogen) atoms. The third kappa shape index (κ3) is 2.88. The number of amides is 2. The van der Waals surface area contributed by atoms with Crippen LogP contribution in [0.25, 0.3) is 0 Å². The molecular weight excluding hydrogens is 300 g/mol. The van der Waals surface area contributed by atoms with Crippen molar-refractivity contribution < 1.29 is 23.7 Å². The van der Waals surface area contributed by atoms with Gasteiger partial charge in [-0.1, -0.05) is 0 Å². The number of hydrogen-bond donors (Lipinski definition) is 1. The lowest BCUT2D eigenvalue weighted by Crippen LogP contribution is -2.50. The molecule has 0 aromatic heterocycles. The normalized spacial score (nSPS) is 22.7. The number of carbonyl (C=O) groups is 1. The lowest BCUT2D eigenvalue weighted by atomic mass is 10.2. The second-order valence-corrected chi connectivity index (χ2v) is 5.67. The summed E-state index contributed by atoms with van der Waals surface area (Å²) in [5.41, 5.74) is 0.607. The molecule has 7 nitrogen and oxygen atoms in total. The van der Waals surface area contributed by atoms with E-state index in [1.165, 1.54) is 0 Å². The second kappa shape index (κ2) is 6.54. The molecule has 2 saturated heterocycles. The number of carbonyl (C=O) groups excluding carboxylic acids is 1. The topological polar surface area (TPSA) is 69.3 Å². The SMILES string of the molecule is COc1cc(NC(=O)N2[C@H]3CC[C@H]2COC3)cc(OC)c1OC. The van der Waals surface area contributed by atoms with Gasteiger partial charge in [0.25, 0.3) is 0 Å². The highest BCUT2D eigenvalue weighted by Gasteiger charge is 2.40. The van der Waals surface area contributed by atoms with Gasteiger partial charge in [-0.3, -0.25) is 0 Å². The van der Waals surface area contributed by atoms with E-state index in [0.29, 0.717) is 36.1 Å². The predicted molar refractivity (Wildman–Crippen MR) is 84.6 cm³/mol. The number of benzene rings is 1. The van der Waals surface area contributed by atoms with Crippen LogP contribution in [-0.4, -0.2) is 57.6 Å². The Morgan fingerprint density at radius 1 is 1.09 bits per heavy atom. The van der Waals surface area contributed by atoms with Crippen molar-refractivity contribution in [2.45, 2.75) is 24.9 Å². The molecule has 2 fully saturated rings. The summed E-state index contributed by atoms with van der Waals surface area (Å²) in [4.78, 5) is 14.5. The molecule has 126 valence electrons. The summed E-state index contributed by atoms with van der Waals surface area (Å²) in [6.45, 7) is 1.22. The van der Waals surface area contributed by atoms with Crippen molar-refractivity contribution in [2.75, 3.05) is 39.9 Å². The van der Waals surface area contributed by atoms with Gasteiger partial charge in [-0.15, -0.1) is 0 Å². The van der Waals surface area contributed by atoms with E-state index in [2.05, 4.69) is 5.32 Å². The molecule has 2 amide bonds. The zero-order valence-corrected chi connectivity index (χ0v) is 13.6. The zero-order chi connectivity index (χ0) is 16.4. The number of hydrogen-bond acceptors (Lipinski definition) is 5. The van der Waals surface area contributed by atoms with Crippen LogP contribution in [0.2, 0.25) is 0 Å². The molecule has 0 aliphatic carbocycles. The number of ether oxygens (including phenoxy) is 4. The van der Waals surface area contributed by atoms with E-state index >= 15 is 0 Å². The number of methoxy groups -OCH3 is 3. The van der Waals surface area contributed by atoms with Crippen LogP contribution in [0.3, 0.4) is 0 Å². The molecule has 2 aliphatic rings. The van der Waals surface area contributed by atoms with Gasteiger partial charge in [0.15, 0.2) is 11.5 Å². The maximum Gasteiger partial charge on any atom is 0.322 e. The average Bonchev–Trinajstić information content (AvgIpc) is 2.83. The van der Waals surface area contributed by atoms with Crippen LogP contribution >= 0.6 is 0 Å². The van der Waals surface area contributed by atoms with E-state index in [-0.39, 0.29) is 18.1 Å². The Kier molecular flexibility index (Phi) is 4.47. The van der Waals surface area contributed by atoms with E-state index in [4.69, 9.17) is 18.9 Å². The van der Waals surface area contributed by atoms with Crippen LogP contribution in [-0.2, 0) is 4.74 Å². The molecule has 3 rings (SSSR count). The van der Waals surface area contributed by atoms with Crippen LogP contribution < -0.4 is 19.5 Å². The minimum absolute atomic E-state index is 0.116. The first kappa shape index (κ1) is 15.7. The van der Waals surface area contributed by atoms with Gasteiger partial charge in [0, 0.05) is 12.1 Å². The van der Waals surface area contributed by atoms with Crippen molar-refractivity contribution in [3.8, 4) is 17.2 Å². The average molecular weight is 322 g/mol. The Morgan fingerprint density at radius 2 is 1.65 bits per heavy atom. The number of nitrogens with one attached hydrogen (secondary N) is 1. The Hall–Kier alpha value is -2.15. The molecule has 2 atom stereocenters. The fourth-order valence-corrected chi connectivity index (χ4v) is 3.30. The quantitative estimate of drug-likeness (QED) is 0.919. The van der Waals surface area contributed by atoms with E-state index in [0.717, 1.165) is 12.8 Å². The summed E-state index contributed by atoms with van der Waals surface area (Å²) in [5, 5.41) is 2.93. The molecule has 7 heteroatoms. The van der Waals surface area contributed by atoms with Gasteiger partial charge in [-0.25, -0.2) is 4.79 Å². The maximum atomic E-state index is 12.6. The highest BCUT2D eigenvalue weighted by Crippen LogP contribution is 2.40. The standard InChI is InChI=1S/C16H22N2O5/c1-20-13-6-10(7-14(21-2)15(13)22-3)17-16(19)18-11-4-5-12(18)9-23-8-11/h6-7,11-12H,4-5,8-9H2,1-3H3,(H,17,19)/t11-,12-/m0/s1. The van der Waals surface area contributed by atoms with Crippen molar-refractivity contribution in [3.63, 3.8) is 0 Å². The molecule has 0 saturated carbocycles. The van der Waals surface area contributed by atoms with Crippen molar-refractivity contribution in [1.29, 1.82) is 0 Å². The first-order chi connectivity index (χ1) is 11.2. The predicted octanol–water partition coefficient (Wildman–Crippen LogP) is 2.11. The largest absolute Gasteiger partial charge is 0.493 e. The van der Waals surface area contributed by atoms with E-state index in [1.54, 1.807) is 33.5 Å². The molecule has 1 aromatic rings. The zero-order valence-electron chi connectivity index (χ0n) is 13.6. The monoisotopic (exact) mass is 322 g/mol. The fraction of sp³-hybridized carbons (Fsp3) is 0.562. The first-order valence-electron chi connectivity index (χ1n) is 7.65. The smallest absolute Gasteiger partial charge is 0.322 e. The summed E-state index contributed by atoms with van der Waals surface area (Å²) >= 11 is 0. The Morgan fingerprint density at radius 3 is 2.13 bits per heavy atom. The molecule has 0 unspecified atom stereocenters. The van der Waals surface area contributed by atoms with Crippen molar-refractivity contribution in [2.24, 2.45) is 0 Å². The highest BCUT2D eigenvalue weighted by atomic mass is 16.5. The summed E-state index contributed by atoms with van der Waals surface area (Å²) < 4.78 is 21.4. The van der Waals surface area contributed by atoms with E-state index in [1.807, 2.05) is 4.90 Å². The Labute approximate surface area is 135 Å². The number of urea groups is 1. The van der Waals surface area contributed by atoms with E-state index in [9.17, 15) is 4.79 Å². The van der Waals surface area contributed by atoms with Gasteiger partial charge in [0.1, 0.15) is 0 Å². The molecule has 2 heterocycles. The Balaban J connectivity index is 1.81. The van der Waals surface area contributed by atoms with Crippen LogP contribution in [0, 0.1) is 0 Å². The second-order valence-electron chi connectivity index (χ2n) is 5.67. The lowest BCUT2D eigenvalue weighted by molar-refractivity contribution is 0.00949. The minimum atomic E-state index is -0.116. The van der Waals surface area contributed by atoms with Gasteiger partial charge >= 0.3 is 6.03 Å². The van der Waals surface area contributed by atoms with Crippen LogP contribution in [0.1, 0.15) is 12.8 Å². The van der Waals surface area contributed by atoms with Crippen LogP contribution in [0.4, 0.5) is 10.5 Å². The molecule has 0 radical (unpaired) electrons. The van der Waals surface area contributed by atoms with Crippen molar-refractivity contribution >= 4 is 11.7 Å². The molecular formula is C16H22N2O5. The fourth-order valence-electron chi connectivity index (χ4n) is 3.30. The van der Waals surface area contributed by atoms with Crippen LogP contribution in [0.15, 0.2) is 12.1 Å².